The van der Waals surface area contributed by atoms with Crippen molar-refractivity contribution in [2.24, 2.45) is 5.73 Å². The molecule has 0 bridgehead atoms. The van der Waals surface area contributed by atoms with Crippen LogP contribution in [-0.4, -0.2) is 14.7 Å². The van der Waals surface area contributed by atoms with E-state index in [-0.39, 0.29) is 0 Å². The molecule has 0 spiro atoms. The summed E-state index contributed by atoms with van der Waals surface area (Å²) < 4.78 is 1.99. The average Bonchev–Trinajstić information content (AvgIpc) is 2.86. The summed E-state index contributed by atoms with van der Waals surface area (Å²) in [5.74, 6) is 0.993. The maximum absolute atomic E-state index is 10.2. The van der Waals surface area contributed by atoms with Crippen molar-refractivity contribution in [2.75, 3.05) is 0 Å². The molecule has 4 heteroatoms. The molecule has 1 aromatic carbocycles. The van der Waals surface area contributed by atoms with Gasteiger partial charge in [-0.15, -0.1) is 0 Å². The predicted octanol–water partition coefficient (Wildman–Crippen LogP) is 1.64. The van der Waals surface area contributed by atoms with Crippen LogP contribution in [0.15, 0.2) is 36.7 Å². The van der Waals surface area contributed by atoms with E-state index in [9.17, 15) is 5.11 Å². The normalized spacial score (nSPS) is 12.6. The first-order valence-electron chi connectivity index (χ1n) is 6.21. The average molecular weight is 245 g/mol. The smallest absolute Gasteiger partial charge is 0.108 e. The third-order valence-electron chi connectivity index (χ3n) is 3.09. The molecule has 1 heterocycles. The molecule has 1 atom stereocenters. The lowest BCUT2D eigenvalue weighted by Gasteiger charge is -2.14. The third kappa shape index (κ3) is 2.78. The molecule has 1 aromatic heterocycles. The molecule has 3 N–H and O–H groups in total. The number of aliphatic hydroxyl groups excluding tert-OH is 1. The van der Waals surface area contributed by atoms with Gasteiger partial charge >= 0.3 is 0 Å². The van der Waals surface area contributed by atoms with Gasteiger partial charge in [0.05, 0.1) is 12.6 Å². The summed E-state index contributed by atoms with van der Waals surface area (Å²) >= 11 is 0. The first kappa shape index (κ1) is 12.8. The van der Waals surface area contributed by atoms with Crippen molar-refractivity contribution in [2.45, 2.75) is 32.5 Å². The highest BCUT2D eigenvalue weighted by molar-refractivity contribution is 5.24. The molecule has 0 aliphatic carbocycles. The van der Waals surface area contributed by atoms with Gasteiger partial charge in [-0.05, 0) is 11.1 Å². The topological polar surface area (TPSA) is 64.1 Å². The van der Waals surface area contributed by atoms with Crippen molar-refractivity contribution in [3.05, 3.63) is 53.6 Å². The number of hydrogen-bond acceptors (Lipinski definition) is 3. The van der Waals surface area contributed by atoms with Crippen molar-refractivity contribution in [1.82, 2.24) is 9.55 Å². The van der Waals surface area contributed by atoms with Gasteiger partial charge in [0, 0.05) is 25.4 Å². The van der Waals surface area contributed by atoms with Crippen molar-refractivity contribution < 1.29 is 5.11 Å². The van der Waals surface area contributed by atoms with Crippen LogP contribution in [0.2, 0.25) is 0 Å². The molecular formula is C14H19N3O. The van der Waals surface area contributed by atoms with Crippen molar-refractivity contribution in [3.8, 4) is 0 Å². The lowest BCUT2D eigenvalue weighted by molar-refractivity contribution is 0.155. The van der Waals surface area contributed by atoms with Gasteiger partial charge in [0.15, 0.2) is 0 Å². The van der Waals surface area contributed by atoms with E-state index in [2.05, 4.69) is 11.9 Å². The number of rotatable bonds is 5. The standard InChI is InChI=1S/C14H19N3O/c1-2-14-16-7-8-17(14)10-13(18)12-5-3-11(9-15)4-6-12/h3-8,13,18H,2,9-10,15H2,1H3. The molecule has 18 heavy (non-hydrogen) atoms. The predicted molar refractivity (Wildman–Crippen MR) is 70.9 cm³/mol. The van der Waals surface area contributed by atoms with Crippen LogP contribution < -0.4 is 5.73 Å². The highest BCUT2D eigenvalue weighted by Gasteiger charge is 2.10. The zero-order valence-electron chi connectivity index (χ0n) is 10.6. The van der Waals surface area contributed by atoms with Crippen LogP contribution in [0.5, 0.6) is 0 Å². The van der Waals surface area contributed by atoms with Gasteiger partial charge in [-0.25, -0.2) is 4.98 Å². The lowest BCUT2D eigenvalue weighted by Crippen LogP contribution is -2.10. The monoisotopic (exact) mass is 245 g/mol. The number of hydrogen-bond donors (Lipinski definition) is 2. The minimum absolute atomic E-state index is 0.517. The zero-order chi connectivity index (χ0) is 13.0. The Kier molecular flexibility index (Phi) is 4.12. The second kappa shape index (κ2) is 5.80. The van der Waals surface area contributed by atoms with Crippen LogP contribution in [0.25, 0.3) is 0 Å². The molecule has 0 amide bonds. The van der Waals surface area contributed by atoms with E-state index in [4.69, 9.17) is 5.73 Å². The molecule has 0 aliphatic heterocycles. The second-order valence-electron chi connectivity index (χ2n) is 4.31. The molecule has 0 radical (unpaired) electrons. The Bertz CT molecular complexity index is 490. The molecule has 0 fully saturated rings. The number of nitrogens with zero attached hydrogens (tertiary/aromatic N) is 2. The molecule has 2 rings (SSSR count). The van der Waals surface area contributed by atoms with Crippen LogP contribution >= 0.6 is 0 Å². The maximum Gasteiger partial charge on any atom is 0.108 e. The van der Waals surface area contributed by atoms with E-state index in [1.54, 1.807) is 6.20 Å². The maximum atomic E-state index is 10.2. The zero-order valence-corrected chi connectivity index (χ0v) is 10.6. The fraction of sp³-hybridized carbons (Fsp3) is 0.357. The second-order valence-corrected chi connectivity index (χ2v) is 4.31. The number of aromatic nitrogens is 2. The van der Waals surface area contributed by atoms with Gasteiger partial charge in [0.25, 0.3) is 0 Å². The van der Waals surface area contributed by atoms with E-state index in [0.29, 0.717) is 13.1 Å². The molecule has 4 nitrogen and oxygen atoms in total. The summed E-state index contributed by atoms with van der Waals surface area (Å²) in [6.07, 6.45) is 4.02. The number of nitrogens with two attached hydrogens (primary N) is 1. The SMILES string of the molecule is CCc1nccn1CC(O)c1ccc(CN)cc1. The van der Waals surface area contributed by atoms with Crippen LogP contribution in [0, 0.1) is 0 Å². The Hall–Kier alpha value is -1.65. The van der Waals surface area contributed by atoms with E-state index in [0.717, 1.165) is 23.4 Å². The Morgan fingerprint density at radius 3 is 2.67 bits per heavy atom. The van der Waals surface area contributed by atoms with Gasteiger partial charge in [-0.3, -0.25) is 0 Å². The Morgan fingerprint density at radius 1 is 1.33 bits per heavy atom. The van der Waals surface area contributed by atoms with E-state index in [1.807, 2.05) is 35.0 Å². The molecule has 1 unspecified atom stereocenters. The van der Waals surface area contributed by atoms with Gasteiger partial charge in [-0.2, -0.15) is 0 Å². The van der Waals surface area contributed by atoms with Gasteiger partial charge < -0.3 is 15.4 Å². The van der Waals surface area contributed by atoms with Crippen LogP contribution in [-0.2, 0) is 19.5 Å². The largest absolute Gasteiger partial charge is 0.387 e. The molecule has 2 aromatic rings. The molecular weight excluding hydrogens is 226 g/mol. The highest BCUT2D eigenvalue weighted by Crippen LogP contribution is 2.16. The summed E-state index contributed by atoms with van der Waals surface area (Å²) in [6.45, 7) is 3.12. The van der Waals surface area contributed by atoms with Crippen molar-refractivity contribution in [3.63, 3.8) is 0 Å². The lowest BCUT2D eigenvalue weighted by atomic mass is 10.1. The molecule has 0 aliphatic rings. The summed E-state index contributed by atoms with van der Waals surface area (Å²) in [7, 11) is 0. The van der Waals surface area contributed by atoms with Crippen molar-refractivity contribution >= 4 is 0 Å². The van der Waals surface area contributed by atoms with Crippen LogP contribution in [0.1, 0.15) is 30.0 Å². The van der Waals surface area contributed by atoms with E-state index in [1.165, 1.54) is 0 Å². The quantitative estimate of drug-likeness (QED) is 0.841. The fourth-order valence-corrected chi connectivity index (χ4v) is 1.99. The third-order valence-corrected chi connectivity index (χ3v) is 3.09. The van der Waals surface area contributed by atoms with Gasteiger partial charge in [0.1, 0.15) is 5.82 Å². The summed E-state index contributed by atoms with van der Waals surface area (Å²) in [4.78, 5) is 4.24. The minimum atomic E-state index is -0.517. The van der Waals surface area contributed by atoms with Crippen LogP contribution in [0.4, 0.5) is 0 Å². The van der Waals surface area contributed by atoms with Gasteiger partial charge in [0.2, 0.25) is 0 Å². The number of imidazole rings is 1. The minimum Gasteiger partial charge on any atom is -0.387 e. The Labute approximate surface area is 107 Å². The van der Waals surface area contributed by atoms with E-state index < -0.39 is 6.10 Å². The first-order valence-corrected chi connectivity index (χ1v) is 6.21. The fourth-order valence-electron chi connectivity index (χ4n) is 1.99. The summed E-state index contributed by atoms with van der Waals surface area (Å²) in [5.41, 5.74) is 7.53. The highest BCUT2D eigenvalue weighted by atomic mass is 16.3. The number of aryl methyl sites for hydroxylation is 1. The van der Waals surface area contributed by atoms with Gasteiger partial charge in [-0.1, -0.05) is 31.2 Å². The number of benzene rings is 1. The van der Waals surface area contributed by atoms with Crippen LogP contribution in [0.3, 0.4) is 0 Å². The first-order chi connectivity index (χ1) is 8.74. The summed E-state index contributed by atoms with van der Waals surface area (Å²) in [6, 6.07) is 7.76. The Balaban J connectivity index is 2.09. The summed E-state index contributed by atoms with van der Waals surface area (Å²) in [5, 5.41) is 10.2. The van der Waals surface area contributed by atoms with Crippen molar-refractivity contribution in [1.29, 1.82) is 0 Å². The van der Waals surface area contributed by atoms with E-state index >= 15 is 0 Å². The molecule has 0 saturated heterocycles. The number of aliphatic hydroxyl groups is 1. The molecule has 0 saturated carbocycles. The molecule has 96 valence electrons. The Morgan fingerprint density at radius 2 is 2.06 bits per heavy atom.